The Bertz CT molecular complexity index is 1380. The number of carbonyl (C=O) groups is 4. The molecule has 0 aromatic heterocycles. The van der Waals surface area contributed by atoms with Gasteiger partial charge in [0.25, 0.3) is 23.6 Å². The topological polar surface area (TPSA) is 107 Å². The fraction of sp³-hybridized carbons (Fsp3) is 0.214. The van der Waals surface area contributed by atoms with Crippen molar-refractivity contribution in [1.82, 2.24) is 14.7 Å². The van der Waals surface area contributed by atoms with E-state index in [0.717, 1.165) is 0 Å². The molecule has 5 rings (SSSR count). The van der Waals surface area contributed by atoms with Crippen LogP contribution < -0.4 is 4.74 Å². The lowest BCUT2D eigenvalue weighted by molar-refractivity contribution is 0.0531. The third-order valence-corrected chi connectivity index (χ3v) is 6.70. The van der Waals surface area contributed by atoms with Gasteiger partial charge in [-0.3, -0.25) is 24.1 Å². The molecule has 188 valence electrons. The summed E-state index contributed by atoms with van der Waals surface area (Å²) in [5.74, 6) is -0.986. The molecule has 0 saturated carbocycles. The quantitative estimate of drug-likeness (QED) is 0.541. The number of phenolic OH excluding ortho intramolecular Hbond substituents is 1. The van der Waals surface area contributed by atoms with Crippen molar-refractivity contribution in [3.05, 3.63) is 94.5 Å². The summed E-state index contributed by atoms with van der Waals surface area (Å²) < 4.78 is 5.42. The highest BCUT2D eigenvalue weighted by molar-refractivity contribution is 6.21. The maximum atomic E-state index is 13.4. The summed E-state index contributed by atoms with van der Waals surface area (Å²) in [7, 11) is 1.47. The molecule has 3 aromatic rings. The van der Waals surface area contributed by atoms with Gasteiger partial charge in [-0.1, -0.05) is 30.3 Å². The molecule has 2 heterocycles. The number of nitrogens with zero attached hydrogens (tertiary/aromatic N) is 3. The Hall–Kier alpha value is -4.66. The van der Waals surface area contributed by atoms with Crippen LogP contribution >= 0.6 is 0 Å². The van der Waals surface area contributed by atoms with Crippen LogP contribution in [0.5, 0.6) is 11.5 Å². The third kappa shape index (κ3) is 4.40. The standard InChI is InChI=1S/C28H25N3O6/c1-37-24-11-10-18(17-31-27(35)19-6-2-3-7-20(19)28(31)36)16-22(24)26(34)30-14-12-29(13-15-30)25(33)21-8-4-5-9-23(21)32/h2-11,16,32H,12-15,17H2,1H3. The lowest BCUT2D eigenvalue weighted by atomic mass is 10.1. The minimum absolute atomic E-state index is 0.0273. The Morgan fingerprint density at radius 1 is 0.784 bits per heavy atom. The molecular formula is C28H25N3O6. The van der Waals surface area contributed by atoms with Gasteiger partial charge >= 0.3 is 0 Å². The summed E-state index contributed by atoms with van der Waals surface area (Å²) in [6, 6.07) is 18.1. The molecule has 0 radical (unpaired) electrons. The number of imide groups is 1. The first-order valence-electron chi connectivity index (χ1n) is 11.9. The van der Waals surface area contributed by atoms with Gasteiger partial charge in [0.2, 0.25) is 0 Å². The smallest absolute Gasteiger partial charge is 0.261 e. The Morgan fingerprint density at radius 2 is 1.32 bits per heavy atom. The number of ether oxygens (including phenoxy) is 1. The monoisotopic (exact) mass is 499 g/mol. The van der Waals surface area contributed by atoms with E-state index in [2.05, 4.69) is 0 Å². The molecular weight excluding hydrogens is 474 g/mol. The number of benzene rings is 3. The Balaban J connectivity index is 1.30. The number of hydrogen-bond acceptors (Lipinski definition) is 6. The fourth-order valence-electron chi connectivity index (χ4n) is 4.69. The van der Waals surface area contributed by atoms with Crippen LogP contribution in [-0.4, -0.2) is 76.7 Å². The van der Waals surface area contributed by atoms with E-state index in [1.807, 2.05) is 0 Å². The molecule has 4 amide bonds. The lowest BCUT2D eigenvalue weighted by Crippen LogP contribution is -2.50. The lowest BCUT2D eigenvalue weighted by Gasteiger charge is -2.35. The van der Waals surface area contributed by atoms with Gasteiger partial charge in [-0.25, -0.2) is 0 Å². The summed E-state index contributed by atoms with van der Waals surface area (Å²) in [6.45, 7) is 1.28. The number of para-hydroxylation sites is 1. The highest BCUT2D eigenvalue weighted by Crippen LogP contribution is 2.27. The highest BCUT2D eigenvalue weighted by atomic mass is 16.5. The van der Waals surface area contributed by atoms with Crippen molar-refractivity contribution in [3.63, 3.8) is 0 Å². The van der Waals surface area contributed by atoms with Crippen molar-refractivity contribution >= 4 is 23.6 Å². The molecule has 9 nitrogen and oxygen atoms in total. The second kappa shape index (κ2) is 9.77. The van der Waals surface area contributed by atoms with Crippen molar-refractivity contribution in [1.29, 1.82) is 0 Å². The van der Waals surface area contributed by atoms with Crippen molar-refractivity contribution in [2.75, 3.05) is 33.3 Å². The molecule has 0 bridgehead atoms. The van der Waals surface area contributed by atoms with E-state index in [1.165, 1.54) is 18.1 Å². The molecule has 1 N–H and O–H groups in total. The second-order valence-electron chi connectivity index (χ2n) is 8.88. The second-order valence-corrected chi connectivity index (χ2v) is 8.88. The number of carbonyl (C=O) groups excluding carboxylic acids is 4. The van der Waals surface area contributed by atoms with Crippen LogP contribution in [0.25, 0.3) is 0 Å². The summed E-state index contributed by atoms with van der Waals surface area (Å²) in [6.07, 6.45) is 0. The summed E-state index contributed by atoms with van der Waals surface area (Å²) in [5, 5.41) is 10.00. The van der Waals surface area contributed by atoms with Crippen LogP contribution in [0.4, 0.5) is 0 Å². The maximum absolute atomic E-state index is 13.4. The molecule has 0 aliphatic carbocycles. The predicted molar refractivity (Wildman–Crippen MR) is 134 cm³/mol. The van der Waals surface area contributed by atoms with Gasteiger partial charge in [0, 0.05) is 26.2 Å². The van der Waals surface area contributed by atoms with E-state index in [-0.39, 0.29) is 41.5 Å². The molecule has 3 aromatic carbocycles. The van der Waals surface area contributed by atoms with Crippen LogP contribution in [0.15, 0.2) is 66.7 Å². The van der Waals surface area contributed by atoms with Crippen LogP contribution in [0.1, 0.15) is 47.0 Å². The Kier molecular flexibility index (Phi) is 6.35. The number of aromatic hydroxyl groups is 1. The molecule has 1 fully saturated rings. The van der Waals surface area contributed by atoms with E-state index < -0.39 is 0 Å². The average molecular weight is 500 g/mol. The van der Waals surface area contributed by atoms with Gasteiger partial charge in [0.1, 0.15) is 11.5 Å². The average Bonchev–Trinajstić information content (AvgIpc) is 3.17. The molecule has 37 heavy (non-hydrogen) atoms. The maximum Gasteiger partial charge on any atom is 0.261 e. The van der Waals surface area contributed by atoms with Crippen molar-refractivity contribution in [2.45, 2.75) is 6.54 Å². The van der Waals surface area contributed by atoms with Gasteiger partial charge in [-0.2, -0.15) is 0 Å². The van der Waals surface area contributed by atoms with Crippen LogP contribution in [0.2, 0.25) is 0 Å². The number of methoxy groups -OCH3 is 1. The summed E-state index contributed by atoms with van der Waals surface area (Å²) in [5.41, 5.74) is 1.90. The number of piperazine rings is 1. The molecule has 0 unspecified atom stereocenters. The number of phenols is 1. The minimum Gasteiger partial charge on any atom is -0.507 e. The van der Waals surface area contributed by atoms with E-state index in [0.29, 0.717) is 54.2 Å². The summed E-state index contributed by atoms with van der Waals surface area (Å²) >= 11 is 0. The number of hydrogen-bond donors (Lipinski definition) is 1. The first kappa shape index (κ1) is 24.1. The van der Waals surface area contributed by atoms with Gasteiger partial charge in [-0.05, 0) is 42.0 Å². The molecule has 9 heteroatoms. The van der Waals surface area contributed by atoms with Gasteiger partial charge in [0.15, 0.2) is 0 Å². The third-order valence-electron chi connectivity index (χ3n) is 6.70. The normalized spacial score (nSPS) is 15.1. The first-order chi connectivity index (χ1) is 17.9. The number of rotatable bonds is 5. The molecule has 2 aliphatic heterocycles. The van der Waals surface area contributed by atoms with Gasteiger partial charge < -0.3 is 19.6 Å². The van der Waals surface area contributed by atoms with Gasteiger partial charge in [0.05, 0.1) is 35.9 Å². The molecule has 2 aliphatic rings. The Labute approximate surface area is 213 Å². The number of amides is 4. The highest BCUT2D eigenvalue weighted by Gasteiger charge is 2.35. The molecule has 0 spiro atoms. The Morgan fingerprint density at radius 3 is 1.89 bits per heavy atom. The fourth-order valence-corrected chi connectivity index (χ4v) is 4.69. The predicted octanol–water partition coefficient (Wildman–Crippen LogP) is 2.80. The molecule has 0 atom stereocenters. The van der Waals surface area contributed by atoms with E-state index in [1.54, 1.807) is 70.5 Å². The SMILES string of the molecule is COc1ccc(CN2C(=O)c3ccccc3C2=O)cc1C(=O)N1CCN(C(=O)c2ccccc2O)CC1. The van der Waals surface area contributed by atoms with Crippen LogP contribution in [0, 0.1) is 0 Å². The van der Waals surface area contributed by atoms with Gasteiger partial charge in [-0.15, -0.1) is 0 Å². The zero-order chi connectivity index (χ0) is 26.1. The zero-order valence-corrected chi connectivity index (χ0v) is 20.2. The molecule has 1 saturated heterocycles. The van der Waals surface area contributed by atoms with Crippen molar-refractivity contribution < 1.29 is 29.0 Å². The number of fused-ring (bicyclic) bond motifs is 1. The van der Waals surface area contributed by atoms with Crippen molar-refractivity contribution in [2.24, 2.45) is 0 Å². The largest absolute Gasteiger partial charge is 0.507 e. The van der Waals surface area contributed by atoms with Crippen LogP contribution in [0.3, 0.4) is 0 Å². The summed E-state index contributed by atoms with van der Waals surface area (Å²) in [4.78, 5) is 56.2. The van der Waals surface area contributed by atoms with Crippen LogP contribution in [-0.2, 0) is 6.54 Å². The van der Waals surface area contributed by atoms with E-state index >= 15 is 0 Å². The minimum atomic E-state index is -0.366. The van der Waals surface area contributed by atoms with E-state index in [4.69, 9.17) is 4.74 Å². The zero-order valence-electron chi connectivity index (χ0n) is 20.2. The van der Waals surface area contributed by atoms with Crippen molar-refractivity contribution in [3.8, 4) is 11.5 Å². The van der Waals surface area contributed by atoms with E-state index in [9.17, 15) is 24.3 Å². The first-order valence-corrected chi connectivity index (χ1v) is 11.9.